The van der Waals surface area contributed by atoms with E-state index in [4.69, 9.17) is 0 Å². The Bertz CT molecular complexity index is 529. The van der Waals surface area contributed by atoms with E-state index in [1.807, 2.05) is 11.9 Å². The third kappa shape index (κ3) is 2.83. The lowest BCUT2D eigenvalue weighted by Crippen LogP contribution is -2.23. The minimum absolute atomic E-state index is 0.0231. The predicted octanol–water partition coefficient (Wildman–Crippen LogP) is 2.39. The van der Waals surface area contributed by atoms with E-state index < -0.39 is 10.9 Å². The summed E-state index contributed by atoms with van der Waals surface area (Å²) in [5.41, 5.74) is 0.302. The number of anilines is 1. The highest BCUT2D eigenvalue weighted by atomic mass is 16.6. The summed E-state index contributed by atoms with van der Waals surface area (Å²) in [7, 11) is 1.82. The van der Waals surface area contributed by atoms with Crippen LogP contribution in [0.4, 0.5) is 11.4 Å². The molecule has 0 spiro atoms. The second kappa shape index (κ2) is 4.87. The smallest absolute Gasteiger partial charge is 0.338 e. The molecule has 19 heavy (non-hydrogen) atoms. The van der Waals surface area contributed by atoms with Crippen LogP contribution in [0.25, 0.3) is 0 Å². The van der Waals surface area contributed by atoms with Crippen LogP contribution in [0, 0.1) is 22.0 Å². The van der Waals surface area contributed by atoms with Gasteiger partial charge in [0.05, 0.1) is 16.2 Å². The third-order valence-corrected chi connectivity index (χ3v) is 3.62. The molecule has 1 saturated carbocycles. The van der Waals surface area contributed by atoms with Crippen LogP contribution in [0.5, 0.6) is 0 Å². The summed E-state index contributed by atoms with van der Waals surface area (Å²) in [4.78, 5) is 23.2. The van der Waals surface area contributed by atoms with Gasteiger partial charge in [0.2, 0.25) is 0 Å². The number of nitrogens with zero attached hydrogens (tertiary/aromatic N) is 2. The summed E-state index contributed by atoms with van der Waals surface area (Å²) < 4.78 is 0. The van der Waals surface area contributed by atoms with Gasteiger partial charge in [0, 0.05) is 25.7 Å². The molecule has 102 valence electrons. The molecule has 2 atom stereocenters. The summed E-state index contributed by atoms with van der Waals surface area (Å²) in [6.45, 7) is 2.94. The van der Waals surface area contributed by atoms with Crippen LogP contribution in [0.15, 0.2) is 18.2 Å². The summed E-state index contributed by atoms with van der Waals surface area (Å²) >= 11 is 0. The Hall–Kier alpha value is -2.11. The van der Waals surface area contributed by atoms with Gasteiger partial charge >= 0.3 is 5.97 Å². The zero-order chi connectivity index (χ0) is 14.2. The number of rotatable bonds is 5. The number of hydrogen-bond acceptors (Lipinski definition) is 4. The predicted molar refractivity (Wildman–Crippen MR) is 70.6 cm³/mol. The van der Waals surface area contributed by atoms with Crippen molar-refractivity contribution < 1.29 is 14.8 Å². The first-order valence-corrected chi connectivity index (χ1v) is 6.13. The van der Waals surface area contributed by atoms with Crippen molar-refractivity contribution in [1.82, 2.24) is 0 Å². The molecule has 1 aromatic rings. The second-order valence-electron chi connectivity index (χ2n) is 5.12. The van der Waals surface area contributed by atoms with Crippen molar-refractivity contribution in [2.45, 2.75) is 13.3 Å². The van der Waals surface area contributed by atoms with Gasteiger partial charge in [-0.3, -0.25) is 10.1 Å². The molecule has 0 aliphatic heterocycles. The maximum Gasteiger partial charge on any atom is 0.338 e. The van der Waals surface area contributed by atoms with Crippen molar-refractivity contribution in [1.29, 1.82) is 0 Å². The standard InChI is InChI=1S/C13H16N2O4/c1-8-5-9(8)7-14(2)12-4-3-10(15(18)19)6-11(12)13(16)17/h3-4,6,8-9H,5,7H2,1-2H3,(H,16,17). The summed E-state index contributed by atoms with van der Waals surface area (Å²) in [6.07, 6.45) is 1.15. The van der Waals surface area contributed by atoms with Crippen LogP contribution in [-0.4, -0.2) is 29.6 Å². The highest BCUT2D eigenvalue weighted by Gasteiger charge is 2.34. The zero-order valence-corrected chi connectivity index (χ0v) is 10.9. The number of aromatic carboxylic acids is 1. The van der Waals surface area contributed by atoms with Gasteiger partial charge in [-0.2, -0.15) is 0 Å². The van der Waals surface area contributed by atoms with Gasteiger partial charge in [0.25, 0.3) is 5.69 Å². The van der Waals surface area contributed by atoms with Gasteiger partial charge in [-0.05, 0) is 24.3 Å². The van der Waals surface area contributed by atoms with Gasteiger partial charge in [-0.15, -0.1) is 0 Å². The van der Waals surface area contributed by atoms with Crippen LogP contribution in [0.2, 0.25) is 0 Å². The lowest BCUT2D eigenvalue weighted by Gasteiger charge is -2.21. The molecule has 1 fully saturated rings. The number of benzene rings is 1. The van der Waals surface area contributed by atoms with Crippen molar-refractivity contribution in [2.24, 2.45) is 11.8 Å². The van der Waals surface area contributed by atoms with E-state index >= 15 is 0 Å². The minimum Gasteiger partial charge on any atom is -0.478 e. The van der Waals surface area contributed by atoms with Crippen molar-refractivity contribution >= 4 is 17.3 Å². The van der Waals surface area contributed by atoms with E-state index in [1.165, 1.54) is 12.1 Å². The normalized spacial score (nSPS) is 20.9. The molecule has 0 aromatic heterocycles. The van der Waals surface area contributed by atoms with Gasteiger partial charge in [-0.25, -0.2) is 4.79 Å². The Kier molecular flexibility index (Phi) is 3.42. The fraction of sp³-hybridized carbons (Fsp3) is 0.462. The lowest BCUT2D eigenvalue weighted by molar-refractivity contribution is -0.384. The largest absolute Gasteiger partial charge is 0.478 e. The van der Waals surface area contributed by atoms with Gasteiger partial charge < -0.3 is 10.0 Å². The summed E-state index contributed by atoms with van der Waals surface area (Å²) in [5, 5.41) is 19.9. The van der Waals surface area contributed by atoms with E-state index in [1.54, 1.807) is 0 Å². The fourth-order valence-electron chi connectivity index (χ4n) is 2.25. The van der Waals surface area contributed by atoms with Crippen LogP contribution < -0.4 is 4.90 Å². The number of hydrogen-bond donors (Lipinski definition) is 1. The third-order valence-electron chi connectivity index (χ3n) is 3.62. The highest BCUT2D eigenvalue weighted by molar-refractivity contribution is 5.95. The van der Waals surface area contributed by atoms with Gasteiger partial charge in [0.1, 0.15) is 0 Å². The van der Waals surface area contributed by atoms with E-state index in [0.29, 0.717) is 17.5 Å². The van der Waals surface area contributed by atoms with Gasteiger partial charge in [0.15, 0.2) is 0 Å². The lowest BCUT2D eigenvalue weighted by atomic mass is 10.1. The summed E-state index contributed by atoms with van der Waals surface area (Å²) in [5.74, 6) is 0.116. The summed E-state index contributed by atoms with van der Waals surface area (Å²) in [6, 6.07) is 3.97. The number of carboxylic acid groups (broad SMARTS) is 1. The van der Waals surface area contributed by atoms with E-state index in [2.05, 4.69) is 6.92 Å². The molecule has 1 aromatic carbocycles. The molecule has 0 heterocycles. The molecular formula is C13H16N2O4. The Morgan fingerprint density at radius 3 is 2.68 bits per heavy atom. The fourth-order valence-corrected chi connectivity index (χ4v) is 2.25. The van der Waals surface area contributed by atoms with E-state index in [-0.39, 0.29) is 11.3 Å². The Balaban J connectivity index is 2.27. The average molecular weight is 264 g/mol. The van der Waals surface area contributed by atoms with Crippen molar-refractivity contribution in [3.63, 3.8) is 0 Å². The Morgan fingerprint density at radius 2 is 2.21 bits per heavy atom. The van der Waals surface area contributed by atoms with Crippen LogP contribution in [0.3, 0.4) is 0 Å². The number of nitro groups is 1. The Morgan fingerprint density at radius 1 is 1.58 bits per heavy atom. The molecule has 1 aliphatic carbocycles. The Labute approximate surface area is 110 Å². The van der Waals surface area contributed by atoms with Crippen LogP contribution in [-0.2, 0) is 0 Å². The number of non-ortho nitro benzene ring substituents is 1. The van der Waals surface area contributed by atoms with Crippen molar-refractivity contribution in [3.8, 4) is 0 Å². The van der Waals surface area contributed by atoms with Gasteiger partial charge in [-0.1, -0.05) is 6.92 Å². The monoisotopic (exact) mass is 264 g/mol. The first kappa shape index (κ1) is 13.3. The average Bonchev–Trinajstić information content (AvgIpc) is 3.03. The SMILES string of the molecule is CC1CC1CN(C)c1ccc([N+](=O)[O-])cc1C(=O)O. The van der Waals surface area contributed by atoms with E-state index in [9.17, 15) is 20.0 Å². The molecule has 0 bridgehead atoms. The highest BCUT2D eigenvalue weighted by Crippen LogP contribution is 2.39. The molecule has 6 nitrogen and oxygen atoms in total. The van der Waals surface area contributed by atoms with E-state index in [0.717, 1.165) is 19.0 Å². The molecule has 0 radical (unpaired) electrons. The molecular weight excluding hydrogens is 248 g/mol. The first-order chi connectivity index (χ1) is 8.90. The number of carbonyl (C=O) groups is 1. The molecule has 0 saturated heterocycles. The molecule has 2 unspecified atom stereocenters. The maximum absolute atomic E-state index is 11.2. The number of carboxylic acids is 1. The maximum atomic E-state index is 11.2. The molecule has 1 aliphatic rings. The topological polar surface area (TPSA) is 83.7 Å². The minimum atomic E-state index is -1.14. The van der Waals surface area contributed by atoms with Crippen molar-refractivity contribution in [3.05, 3.63) is 33.9 Å². The first-order valence-electron chi connectivity index (χ1n) is 6.13. The molecule has 2 rings (SSSR count). The number of nitro benzene ring substituents is 1. The molecule has 0 amide bonds. The van der Waals surface area contributed by atoms with Crippen molar-refractivity contribution in [2.75, 3.05) is 18.5 Å². The zero-order valence-electron chi connectivity index (χ0n) is 10.9. The molecule has 6 heteroatoms. The quantitative estimate of drug-likeness (QED) is 0.652. The second-order valence-corrected chi connectivity index (χ2v) is 5.12. The van der Waals surface area contributed by atoms with Crippen LogP contribution in [0.1, 0.15) is 23.7 Å². The molecule has 1 N–H and O–H groups in total. The van der Waals surface area contributed by atoms with Crippen LogP contribution >= 0.6 is 0 Å².